The van der Waals surface area contributed by atoms with E-state index >= 15 is 0 Å². The molecule has 0 radical (unpaired) electrons. The molecule has 6 heteroatoms. The number of nitrogens with one attached hydrogen (secondary N) is 1. The highest BCUT2D eigenvalue weighted by Gasteiger charge is 2.50. The van der Waals surface area contributed by atoms with Gasteiger partial charge in [0.25, 0.3) is 0 Å². The number of amides is 2. The maximum Gasteiger partial charge on any atom is 0.317 e. The van der Waals surface area contributed by atoms with Gasteiger partial charge in [0.05, 0.1) is 5.41 Å². The number of piperazine rings is 1. The summed E-state index contributed by atoms with van der Waals surface area (Å²) in [4.78, 5) is 27.8. The van der Waals surface area contributed by atoms with Gasteiger partial charge in [0.15, 0.2) is 0 Å². The van der Waals surface area contributed by atoms with Gasteiger partial charge in [0.1, 0.15) is 0 Å². The van der Waals surface area contributed by atoms with Crippen LogP contribution in [0.2, 0.25) is 0 Å². The molecule has 3 aliphatic rings. The fourth-order valence-electron chi connectivity index (χ4n) is 3.43. The number of urea groups is 1. The van der Waals surface area contributed by atoms with Crippen LogP contribution in [0.5, 0.6) is 0 Å². The van der Waals surface area contributed by atoms with Crippen molar-refractivity contribution in [3.8, 4) is 0 Å². The Labute approximate surface area is 119 Å². The molecule has 20 heavy (non-hydrogen) atoms. The van der Waals surface area contributed by atoms with Crippen LogP contribution in [-0.4, -0.2) is 65.2 Å². The number of carboxylic acids is 1. The second-order valence-corrected chi connectivity index (χ2v) is 6.54. The van der Waals surface area contributed by atoms with E-state index in [-0.39, 0.29) is 18.6 Å². The number of rotatable bonds is 3. The van der Waals surface area contributed by atoms with Crippen molar-refractivity contribution in [2.75, 3.05) is 26.2 Å². The predicted molar refractivity (Wildman–Crippen MR) is 73.5 cm³/mol. The lowest BCUT2D eigenvalue weighted by atomic mass is 10.1. The first-order valence-corrected chi connectivity index (χ1v) is 7.54. The quantitative estimate of drug-likeness (QED) is 0.800. The summed E-state index contributed by atoms with van der Waals surface area (Å²) in [7, 11) is 0. The summed E-state index contributed by atoms with van der Waals surface area (Å²) in [6, 6.07) is 0.590. The molecule has 3 fully saturated rings. The number of hydrogen-bond acceptors (Lipinski definition) is 3. The van der Waals surface area contributed by atoms with Crippen LogP contribution in [0.25, 0.3) is 0 Å². The average Bonchev–Trinajstić information content (AvgIpc) is 3.08. The molecule has 2 saturated heterocycles. The fraction of sp³-hybridized carbons (Fsp3) is 0.857. The van der Waals surface area contributed by atoms with Gasteiger partial charge in [-0.2, -0.15) is 0 Å². The summed E-state index contributed by atoms with van der Waals surface area (Å²) in [5.74, 6) is -0.786. The Kier molecular flexibility index (Phi) is 3.36. The standard InChI is InChI=1S/C14H23N3O3/c1-10-7-16-6-2-3-11(16)8-17(10)13(20)15-9-14(4-5-14)12(18)19/h10-11H,2-9H2,1H3,(H,15,20)(H,18,19). The van der Waals surface area contributed by atoms with Crippen LogP contribution < -0.4 is 5.32 Å². The number of carboxylic acid groups (broad SMARTS) is 1. The second-order valence-electron chi connectivity index (χ2n) is 6.54. The van der Waals surface area contributed by atoms with E-state index in [1.807, 2.05) is 4.90 Å². The molecule has 2 amide bonds. The highest BCUT2D eigenvalue weighted by molar-refractivity contribution is 5.80. The first-order valence-electron chi connectivity index (χ1n) is 7.54. The SMILES string of the molecule is CC1CN2CCCC2CN1C(=O)NCC1(C(=O)O)CC1. The minimum Gasteiger partial charge on any atom is -0.481 e. The zero-order valence-electron chi connectivity index (χ0n) is 12.0. The zero-order valence-corrected chi connectivity index (χ0v) is 12.0. The van der Waals surface area contributed by atoms with Crippen LogP contribution in [0, 0.1) is 5.41 Å². The Morgan fingerprint density at radius 2 is 2.10 bits per heavy atom. The monoisotopic (exact) mass is 281 g/mol. The molecule has 1 aliphatic carbocycles. The Bertz CT molecular complexity index is 422. The lowest BCUT2D eigenvalue weighted by molar-refractivity contribution is -0.143. The van der Waals surface area contributed by atoms with Crippen molar-refractivity contribution < 1.29 is 14.7 Å². The zero-order chi connectivity index (χ0) is 14.3. The Hall–Kier alpha value is -1.30. The van der Waals surface area contributed by atoms with E-state index in [1.165, 1.54) is 6.42 Å². The summed E-state index contributed by atoms with van der Waals surface area (Å²) < 4.78 is 0. The van der Waals surface area contributed by atoms with Gasteiger partial charge in [0.2, 0.25) is 0 Å². The smallest absolute Gasteiger partial charge is 0.317 e. The molecule has 0 spiro atoms. The van der Waals surface area contributed by atoms with E-state index in [0.717, 1.165) is 26.1 Å². The molecule has 0 aromatic carbocycles. The van der Waals surface area contributed by atoms with Crippen molar-refractivity contribution in [3.05, 3.63) is 0 Å². The van der Waals surface area contributed by atoms with E-state index in [4.69, 9.17) is 5.11 Å². The number of aliphatic carboxylic acids is 1. The number of carbonyl (C=O) groups is 2. The lowest BCUT2D eigenvalue weighted by Crippen LogP contribution is -2.59. The predicted octanol–water partition coefficient (Wildman–Crippen LogP) is 0.729. The van der Waals surface area contributed by atoms with Crippen molar-refractivity contribution in [1.29, 1.82) is 0 Å². The molecule has 2 aliphatic heterocycles. The lowest BCUT2D eigenvalue weighted by Gasteiger charge is -2.42. The molecule has 0 bridgehead atoms. The third-order valence-electron chi connectivity index (χ3n) is 5.08. The molecule has 2 N–H and O–H groups in total. The average molecular weight is 281 g/mol. The minimum absolute atomic E-state index is 0.100. The summed E-state index contributed by atoms with van der Waals surface area (Å²) in [6.07, 6.45) is 3.73. The van der Waals surface area contributed by atoms with Crippen LogP contribution in [0.4, 0.5) is 4.79 Å². The van der Waals surface area contributed by atoms with Crippen LogP contribution in [0.1, 0.15) is 32.6 Å². The molecule has 112 valence electrons. The molecule has 1 saturated carbocycles. The van der Waals surface area contributed by atoms with E-state index in [2.05, 4.69) is 17.1 Å². The summed E-state index contributed by atoms with van der Waals surface area (Å²) >= 11 is 0. The van der Waals surface area contributed by atoms with Gasteiger partial charge in [-0.1, -0.05) is 0 Å². The molecule has 2 atom stereocenters. The topological polar surface area (TPSA) is 72.9 Å². The summed E-state index contributed by atoms with van der Waals surface area (Å²) in [6.45, 7) is 5.18. The van der Waals surface area contributed by atoms with Crippen molar-refractivity contribution in [2.24, 2.45) is 5.41 Å². The number of nitrogens with zero attached hydrogens (tertiary/aromatic N) is 2. The van der Waals surface area contributed by atoms with E-state index < -0.39 is 11.4 Å². The van der Waals surface area contributed by atoms with Crippen LogP contribution in [0.3, 0.4) is 0 Å². The Morgan fingerprint density at radius 3 is 2.75 bits per heavy atom. The maximum atomic E-state index is 12.3. The van der Waals surface area contributed by atoms with Gasteiger partial charge in [-0.3, -0.25) is 9.69 Å². The van der Waals surface area contributed by atoms with Gasteiger partial charge in [-0.25, -0.2) is 4.79 Å². The largest absolute Gasteiger partial charge is 0.481 e. The van der Waals surface area contributed by atoms with Gasteiger partial charge < -0.3 is 15.3 Å². The molecule has 2 heterocycles. The third kappa shape index (κ3) is 2.37. The van der Waals surface area contributed by atoms with Gasteiger partial charge in [-0.15, -0.1) is 0 Å². The van der Waals surface area contributed by atoms with Gasteiger partial charge in [-0.05, 0) is 39.2 Å². The van der Waals surface area contributed by atoms with Crippen molar-refractivity contribution in [3.63, 3.8) is 0 Å². The van der Waals surface area contributed by atoms with Crippen molar-refractivity contribution >= 4 is 12.0 Å². The minimum atomic E-state index is -0.786. The Balaban J connectivity index is 1.55. The van der Waals surface area contributed by atoms with Crippen LogP contribution in [0.15, 0.2) is 0 Å². The van der Waals surface area contributed by atoms with Gasteiger partial charge >= 0.3 is 12.0 Å². The summed E-state index contributed by atoms with van der Waals surface area (Å²) in [5, 5.41) is 12.0. The highest BCUT2D eigenvalue weighted by Crippen LogP contribution is 2.45. The van der Waals surface area contributed by atoms with Crippen molar-refractivity contribution in [1.82, 2.24) is 15.1 Å². The van der Waals surface area contributed by atoms with Crippen molar-refractivity contribution in [2.45, 2.75) is 44.7 Å². The second kappa shape index (κ2) is 4.91. The van der Waals surface area contributed by atoms with E-state index in [9.17, 15) is 9.59 Å². The molecule has 6 nitrogen and oxygen atoms in total. The normalized spacial score (nSPS) is 31.8. The molecule has 0 aromatic heterocycles. The highest BCUT2D eigenvalue weighted by atomic mass is 16.4. The molecule has 2 unspecified atom stereocenters. The summed E-state index contributed by atoms with van der Waals surface area (Å²) in [5.41, 5.74) is -0.686. The Morgan fingerprint density at radius 1 is 1.35 bits per heavy atom. The molecule has 3 rings (SSSR count). The molecule has 0 aromatic rings. The van der Waals surface area contributed by atoms with Crippen LogP contribution in [-0.2, 0) is 4.79 Å². The first-order chi connectivity index (χ1) is 9.52. The van der Waals surface area contributed by atoms with E-state index in [1.54, 1.807) is 0 Å². The number of hydrogen-bond donors (Lipinski definition) is 2. The third-order valence-corrected chi connectivity index (χ3v) is 5.08. The van der Waals surface area contributed by atoms with Crippen LogP contribution >= 0.6 is 0 Å². The fourth-order valence-corrected chi connectivity index (χ4v) is 3.43. The van der Waals surface area contributed by atoms with Gasteiger partial charge in [0, 0.05) is 31.7 Å². The maximum absolute atomic E-state index is 12.3. The molecular weight excluding hydrogens is 258 g/mol. The number of carbonyl (C=O) groups excluding carboxylic acids is 1. The first kappa shape index (κ1) is 13.7. The number of fused-ring (bicyclic) bond motifs is 1. The molecular formula is C14H23N3O3. The van der Waals surface area contributed by atoms with E-state index in [0.29, 0.717) is 18.9 Å².